The number of hydrogen-bond acceptors (Lipinski definition) is 6. The van der Waals surface area contributed by atoms with E-state index in [0.29, 0.717) is 6.54 Å². The Bertz CT molecular complexity index is 1110. The first-order valence-corrected chi connectivity index (χ1v) is 10.2. The average Bonchev–Trinajstić information content (AvgIpc) is 3.46. The standard InChI is InChI=1S/C22H25N7O/c1-30-20-4-3-18(15-19(20)17-28-9-2-7-24-28)16-26-11-13-27(14-12-26)22-6-5-21-23-8-10-29(21)25-22/h2-10,15H,11-14,16-17H2,1H3. The van der Waals surface area contributed by atoms with Crippen molar-refractivity contribution in [2.45, 2.75) is 13.1 Å². The topological polar surface area (TPSA) is 63.7 Å². The maximum absolute atomic E-state index is 5.55. The summed E-state index contributed by atoms with van der Waals surface area (Å²) in [6.07, 6.45) is 7.44. The zero-order chi connectivity index (χ0) is 20.3. The van der Waals surface area contributed by atoms with Gasteiger partial charge >= 0.3 is 0 Å². The van der Waals surface area contributed by atoms with Gasteiger partial charge in [-0.3, -0.25) is 9.58 Å². The minimum atomic E-state index is 0.709. The molecule has 154 valence electrons. The zero-order valence-corrected chi connectivity index (χ0v) is 17.1. The van der Waals surface area contributed by atoms with Gasteiger partial charge in [0, 0.05) is 63.1 Å². The molecule has 8 heteroatoms. The highest BCUT2D eigenvalue weighted by Crippen LogP contribution is 2.22. The molecule has 0 bridgehead atoms. The van der Waals surface area contributed by atoms with Crippen molar-refractivity contribution in [2.24, 2.45) is 0 Å². The normalized spacial score (nSPS) is 15.0. The number of piperazine rings is 1. The van der Waals surface area contributed by atoms with E-state index in [1.807, 2.05) is 33.7 Å². The fraction of sp³-hybridized carbons (Fsp3) is 0.318. The maximum Gasteiger partial charge on any atom is 0.153 e. The van der Waals surface area contributed by atoms with Crippen LogP contribution in [0.1, 0.15) is 11.1 Å². The fourth-order valence-electron chi connectivity index (χ4n) is 3.99. The highest BCUT2D eigenvalue weighted by Gasteiger charge is 2.19. The van der Waals surface area contributed by atoms with Crippen molar-refractivity contribution in [1.29, 1.82) is 0 Å². The largest absolute Gasteiger partial charge is 0.496 e. The Morgan fingerprint density at radius 2 is 1.87 bits per heavy atom. The SMILES string of the molecule is COc1ccc(CN2CCN(c3ccc4nccn4n3)CC2)cc1Cn1cccn1. The molecule has 1 saturated heterocycles. The number of aromatic nitrogens is 5. The number of ether oxygens (including phenoxy) is 1. The van der Waals surface area contributed by atoms with E-state index < -0.39 is 0 Å². The van der Waals surface area contributed by atoms with Crippen molar-refractivity contribution >= 4 is 11.5 Å². The van der Waals surface area contributed by atoms with Crippen LogP contribution in [-0.2, 0) is 13.1 Å². The summed E-state index contributed by atoms with van der Waals surface area (Å²) in [7, 11) is 1.72. The second-order valence-corrected chi connectivity index (χ2v) is 7.53. The first-order valence-electron chi connectivity index (χ1n) is 10.2. The second-order valence-electron chi connectivity index (χ2n) is 7.53. The molecule has 3 aromatic heterocycles. The molecule has 1 aromatic carbocycles. The zero-order valence-electron chi connectivity index (χ0n) is 17.1. The predicted molar refractivity (Wildman–Crippen MR) is 115 cm³/mol. The van der Waals surface area contributed by atoms with Crippen molar-refractivity contribution in [2.75, 3.05) is 38.2 Å². The molecule has 1 aliphatic rings. The number of hydrogen-bond donors (Lipinski definition) is 0. The third kappa shape index (κ3) is 3.86. The lowest BCUT2D eigenvalue weighted by Gasteiger charge is -2.35. The van der Waals surface area contributed by atoms with Crippen LogP contribution in [-0.4, -0.2) is 62.6 Å². The summed E-state index contributed by atoms with van der Waals surface area (Å²) < 4.78 is 9.31. The van der Waals surface area contributed by atoms with Crippen LogP contribution >= 0.6 is 0 Å². The third-order valence-corrected chi connectivity index (χ3v) is 5.58. The monoisotopic (exact) mass is 403 g/mol. The van der Waals surface area contributed by atoms with Crippen LogP contribution in [0.2, 0.25) is 0 Å². The van der Waals surface area contributed by atoms with Crippen LogP contribution < -0.4 is 9.64 Å². The lowest BCUT2D eigenvalue weighted by molar-refractivity contribution is 0.249. The number of fused-ring (bicyclic) bond motifs is 1. The molecule has 0 unspecified atom stereocenters. The smallest absolute Gasteiger partial charge is 0.153 e. The summed E-state index contributed by atoms with van der Waals surface area (Å²) >= 11 is 0. The Labute approximate surface area is 175 Å². The summed E-state index contributed by atoms with van der Waals surface area (Å²) in [6, 6.07) is 12.5. The van der Waals surface area contributed by atoms with Crippen LogP contribution in [0.15, 0.2) is 61.2 Å². The van der Waals surface area contributed by atoms with E-state index in [4.69, 9.17) is 4.74 Å². The second kappa shape index (κ2) is 8.16. The molecule has 30 heavy (non-hydrogen) atoms. The Morgan fingerprint density at radius 1 is 0.967 bits per heavy atom. The van der Waals surface area contributed by atoms with Crippen LogP contribution in [0.5, 0.6) is 5.75 Å². The number of imidazole rings is 1. The average molecular weight is 403 g/mol. The first-order chi connectivity index (χ1) is 14.8. The van der Waals surface area contributed by atoms with E-state index in [9.17, 15) is 0 Å². The first kappa shape index (κ1) is 18.6. The Kier molecular flexibility index (Phi) is 5.06. The Balaban J connectivity index is 1.23. The van der Waals surface area contributed by atoms with Gasteiger partial charge in [0.15, 0.2) is 5.65 Å². The van der Waals surface area contributed by atoms with E-state index in [0.717, 1.165) is 55.5 Å². The van der Waals surface area contributed by atoms with Gasteiger partial charge in [0.05, 0.1) is 13.7 Å². The molecule has 4 heterocycles. The fourth-order valence-corrected chi connectivity index (χ4v) is 3.99. The lowest BCUT2D eigenvalue weighted by Crippen LogP contribution is -2.46. The van der Waals surface area contributed by atoms with Gasteiger partial charge in [0.1, 0.15) is 11.6 Å². The van der Waals surface area contributed by atoms with Crippen LogP contribution in [0.25, 0.3) is 5.65 Å². The summed E-state index contributed by atoms with van der Waals surface area (Å²) in [4.78, 5) is 9.10. The van der Waals surface area contributed by atoms with Crippen molar-refractivity contribution in [1.82, 2.24) is 29.3 Å². The number of methoxy groups -OCH3 is 1. The van der Waals surface area contributed by atoms with Crippen LogP contribution in [0, 0.1) is 0 Å². The third-order valence-electron chi connectivity index (χ3n) is 5.58. The van der Waals surface area contributed by atoms with E-state index in [1.54, 1.807) is 19.5 Å². The molecule has 0 amide bonds. The molecule has 1 aliphatic heterocycles. The van der Waals surface area contributed by atoms with Gasteiger partial charge in [-0.25, -0.2) is 9.50 Å². The molecule has 8 nitrogen and oxygen atoms in total. The highest BCUT2D eigenvalue weighted by molar-refractivity contribution is 5.46. The molecule has 5 rings (SSSR count). The molecule has 4 aromatic rings. The predicted octanol–water partition coefficient (Wildman–Crippen LogP) is 2.30. The number of rotatable bonds is 6. The molecule has 0 saturated carbocycles. The Morgan fingerprint density at radius 3 is 2.67 bits per heavy atom. The summed E-state index contributed by atoms with van der Waals surface area (Å²) in [5.74, 6) is 1.91. The van der Waals surface area contributed by atoms with Gasteiger partial charge in [-0.1, -0.05) is 6.07 Å². The number of benzene rings is 1. The molecule has 0 atom stereocenters. The van der Waals surface area contributed by atoms with E-state index >= 15 is 0 Å². The molecule has 0 spiro atoms. The van der Waals surface area contributed by atoms with Crippen molar-refractivity contribution in [3.8, 4) is 5.75 Å². The highest BCUT2D eigenvalue weighted by atomic mass is 16.5. The minimum Gasteiger partial charge on any atom is -0.496 e. The summed E-state index contributed by atoms with van der Waals surface area (Å²) in [6.45, 7) is 5.57. The van der Waals surface area contributed by atoms with E-state index in [2.05, 4.69) is 49.2 Å². The van der Waals surface area contributed by atoms with Gasteiger partial charge < -0.3 is 9.64 Å². The Hall–Kier alpha value is -3.39. The van der Waals surface area contributed by atoms with Crippen LogP contribution in [0.4, 0.5) is 5.82 Å². The van der Waals surface area contributed by atoms with Gasteiger partial charge in [0.25, 0.3) is 0 Å². The van der Waals surface area contributed by atoms with Crippen molar-refractivity contribution in [3.63, 3.8) is 0 Å². The van der Waals surface area contributed by atoms with E-state index in [-0.39, 0.29) is 0 Å². The number of anilines is 1. The maximum atomic E-state index is 5.55. The lowest BCUT2D eigenvalue weighted by atomic mass is 10.1. The van der Waals surface area contributed by atoms with Gasteiger partial charge in [-0.15, -0.1) is 5.10 Å². The van der Waals surface area contributed by atoms with Gasteiger partial charge in [-0.2, -0.15) is 5.10 Å². The molecular formula is C22H25N7O. The van der Waals surface area contributed by atoms with Crippen LogP contribution in [0.3, 0.4) is 0 Å². The summed E-state index contributed by atoms with van der Waals surface area (Å²) in [5, 5.41) is 8.99. The molecule has 0 aliphatic carbocycles. The van der Waals surface area contributed by atoms with Gasteiger partial charge in [0.2, 0.25) is 0 Å². The number of nitrogens with zero attached hydrogens (tertiary/aromatic N) is 7. The molecule has 0 radical (unpaired) electrons. The minimum absolute atomic E-state index is 0.709. The van der Waals surface area contributed by atoms with E-state index in [1.165, 1.54) is 5.56 Å². The molecule has 0 N–H and O–H groups in total. The molecule has 1 fully saturated rings. The quantitative estimate of drug-likeness (QED) is 0.492. The van der Waals surface area contributed by atoms with Crippen molar-refractivity contribution < 1.29 is 4.74 Å². The van der Waals surface area contributed by atoms with Crippen molar-refractivity contribution in [3.05, 3.63) is 72.3 Å². The van der Waals surface area contributed by atoms with Gasteiger partial charge in [-0.05, 0) is 35.9 Å². The molecular weight excluding hydrogens is 378 g/mol. The summed E-state index contributed by atoms with van der Waals surface area (Å²) in [5.41, 5.74) is 3.32.